The number of nitrogens with one attached hydrogen (secondary N) is 1. The fraction of sp³-hybridized carbons (Fsp3) is 0.286. The van der Waals surface area contributed by atoms with Crippen LogP contribution in [0.5, 0.6) is 5.88 Å². The van der Waals surface area contributed by atoms with Crippen molar-refractivity contribution in [2.75, 3.05) is 26.9 Å². The molecule has 0 radical (unpaired) electrons. The number of ketones is 1. The number of hydrogen-bond donors (Lipinski definition) is 1. The number of rotatable bonds is 11. The molecule has 12 heteroatoms. The van der Waals surface area contributed by atoms with Crippen molar-refractivity contribution in [1.29, 1.82) is 0 Å². The summed E-state index contributed by atoms with van der Waals surface area (Å²) in [6.07, 6.45) is 1.38. The molecule has 0 saturated heterocycles. The lowest BCUT2D eigenvalue weighted by molar-refractivity contribution is 0.102. The lowest BCUT2D eigenvalue weighted by atomic mass is 9.97. The average molecular weight is 482 g/mol. The number of methoxy groups -OCH3 is 1. The number of aryl methyl sites for hydroxylation is 1. The SMILES string of the molecule is COCCOc1cnc2ccc(C(=O)c3c(F)c(F)cc(CCCNS(=O)[O-])c3F)cc2n1. The molecule has 3 rings (SSSR count). The third-order valence-electron chi connectivity index (χ3n) is 4.62. The highest BCUT2D eigenvalue weighted by Crippen LogP contribution is 2.25. The van der Waals surface area contributed by atoms with Crippen LogP contribution in [0, 0.1) is 17.5 Å². The van der Waals surface area contributed by atoms with Crippen LogP contribution in [0.2, 0.25) is 0 Å². The van der Waals surface area contributed by atoms with Crippen LogP contribution in [0.25, 0.3) is 11.0 Å². The first-order valence-electron chi connectivity index (χ1n) is 9.74. The molecule has 3 aromatic rings. The minimum absolute atomic E-state index is 0.0318. The molecule has 2 aromatic carbocycles. The maximum Gasteiger partial charge on any atom is 0.232 e. The highest BCUT2D eigenvalue weighted by atomic mass is 32.2. The number of nitrogens with zero attached hydrogens (tertiary/aromatic N) is 2. The van der Waals surface area contributed by atoms with Crippen molar-refractivity contribution < 1.29 is 36.2 Å². The lowest BCUT2D eigenvalue weighted by Crippen LogP contribution is -2.18. The molecule has 0 spiro atoms. The van der Waals surface area contributed by atoms with Gasteiger partial charge in [0.25, 0.3) is 0 Å². The molecule has 0 bridgehead atoms. The summed E-state index contributed by atoms with van der Waals surface area (Å²) in [5.74, 6) is -5.10. The van der Waals surface area contributed by atoms with E-state index >= 15 is 0 Å². The first-order valence-corrected chi connectivity index (χ1v) is 10.8. The van der Waals surface area contributed by atoms with E-state index in [1.54, 1.807) is 0 Å². The predicted molar refractivity (Wildman–Crippen MR) is 112 cm³/mol. The van der Waals surface area contributed by atoms with Crippen LogP contribution in [0.3, 0.4) is 0 Å². The molecule has 0 fully saturated rings. The van der Waals surface area contributed by atoms with Crippen LogP contribution in [-0.4, -0.2) is 51.4 Å². The van der Waals surface area contributed by atoms with Crippen LogP contribution in [-0.2, 0) is 22.4 Å². The number of aromatic nitrogens is 2. The van der Waals surface area contributed by atoms with Crippen molar-refractivity contribution >= 4 is 28.1 Å². The lowest BCUT2D eigenvalue weighted by Gasteiger charge is -2.12. The summed E-state index contributed by atoms with van der Waals surface area (Å²) in [5, 5.41) is 0. The van der Waals surface area contributed by atoms with Crippen LogP contribution in [0.15, 0.2) is 30.5 Å². The Morgan fingerprint density at radius 1 is 1.15 bits per heavy atom. The highest BCUT2D eigenvalue weighted by Gasteiger charge is 2.25. The van der Waals surface area contributed by atoms with E-state index in [0.29, 0.717) is 18.2 Å². The van der Waals surface area contributed by atoms with E-state index < -0.39 is 40.1 Å². The Labute approximate surface area is 189 Å². The van der Waals surface area contributed by atoms with Crippen molar-refractivity contribution in [3.63, 3.8) is 0 Å². The monoisotopic (exact) mass is 482 g/mol. The quantitative estimate of drug-likeness (QED) is 0.193. The number of halogens is 3. The third kappa shape index (κ3) is 6.11. The molecule has 0 amide bonds. The van der Waals surface area contributed by atoms with E-state index in [9.17, 15) is 26.7 Å². The van der Waals surface area contributed by atoms with E-state index in [0.717, 1.165) is 0 Å². The van der Waals surface area contributed by atoms with Crippen molar-refractivity contribution in [1.82, 2.24) is 14.7 Å². The van der Waals surface area contributed by atoms with Crippen LogP contribution < -0.4 is 9.46 Å². The molecule has 0 aliphatic heterocycles. The van der Waals surface area contributed by atoms with Crippen molar-refractivity contribution in [2.45, 2.75) is 12.8 Å². The topological polar surface area (TPSA) is 113 Å². The first kappa shape index (κ1) is 24.7. The number of fused-ring (bicyclic) bond motifs is 1. The Hall–Kier alpha value is -2.93. The van der Waals surface area contributed by atoms with Gasteiger partial charge in [-0.3, -0.25) is 9.00 Å². The van der Waals surface area contributed by atoms with Gasteiger partial charge in [0, 0.05) is 30.5 Å². The van der Waals surface area contributed by atoms with E-state index in [4.69, 9.17) is 9.47 Å². The van der Waals surface area contributed by atoms with Gasteiger partial charge in [0.05, 0.1) is 29.4 Å². The van der Waals surface area contributed by atoms with Crippen molar-refractivity contribution in [3.05, 3.63) is 64.6 Å². The number of ether oxygens (including phenoxy) is 2. The van der Waals surface area contributed by atoms with Gasteiger partial charge < -0.3 is 14.0 Å². The second kappa shape index (κ2) is 11.3. The van der Waals surface area contributed by atoms with Gasteiger partial charge >= 0.3 is 0 Å². The van der Waals surface area contributed by atoms with Gasteiger partial charge in [-0.2, -0.15) is 0 Å². The summed E-state index contributed by atoms with van der Waals surface area (Å²) < 4.78 is 76.9. The van der Waals surface area contributed by atoms with E-state index in [-0.39, 0.29) is 48.5 Å². The zero-order valence-electron chi connectivity index (χ0n) is 17.4. The van der Waals surface area contributed by atoms with Gasteiger partial charge in [-0.25, -0.2) is 27.9 Å². The van der Waals surface area contributed by atoms with Crippen molar-refractivity contribution in [3.8, 4) is 5.88 Å². The first-order chi connectivity index (χ1) is 15.8. The molecule has 0 saturated carbocycles. The van der Waals surface area contributed by atoms with Gasteiger partial charge in [-0.15, -0.1) is 0 Å². The van der Waals surface area contributed by atoms with Gasteiger partial charge in [-0.05, 0) is 42.7 Å². The maximum atomic E-state index is 15.0. The molecule has 1 heterocycles. The third-order valence-corrected chi connectivity index (χ3v) is 5.06. The molecular formula is C21H19F3N3O5S-. The Kier molecular flexibility index (Phi) is 8.44. The molecule has 0 aliphatic carbocycles. The fourth-order valence-electron chi connectivity index (χ4n) is 3.05. The number of carbonyl (C=O) groups excluding carboxylic acids is 1. The zero-order valence-corrected chi connectivity index (χ0v) is 18.2. The van der Waals surface area contributed by atoms with E-state index in [2.05, 4.69) is 14.7 Å². The molecular weight excluding hydrogens is 463 g/mol. The normalized spacial score (nSPS) is 12.2. The smallest absolute Gasteiger partial charge is 0.232 e. The molecule has 8 nitrogen and oxygen atoms in total. The van der Waals surface area contributed by atoms with E-state index in [1.807, 2.05) is 0 Å². The number of benzene rings is 2. The van der Waals surface area contributed by atoms with E-state index in [1.165, 1.54) is 31.5 Å². The fourth-order valence-corrected chi connectivity index (χ4v) is 3.36. The summed E-state index contributed by atoms with van der Waals surface area (Å²) in [4.78, 5) is 21.3. The predicted octanol–water partition coefficient (Wildman–Crippen LogP) is 2.62. The molecule has 1 N–H and O–H groups in total. The Morgan fingerprint density at radius 3 is 2.67 bits per heavy atom. The highest BCUT2D eigenvalue weighted by molar-refractivity contribution is 7.77. The molecule has 176 valence electrons. The Balaban J connectivity index is 1.90. The largest absolute Gasteiger partial charge is 0.760 e. The summed E-state index contributed by atoms with van der Waals surface area (Å²) in [6.45, 7) is 0.511. The second-order valence-corrected chi connectivity index (χ2v) is 7.59. The minimum Gasteiger partial charge on any atom is -0.760 e. The zero-order chi connectivity index (χ0) is 24.0. The van der Waals surface area contributed by atoms with Gasteiger partial charge in [0.15, 0.2) is 17.4 Å². The maximum absolute atomic E-state index is 15.0. The Bertz CT molecular complexity index is 1200. The number of hydrogen-bond acceptors (Lipinski definition) is 7. The average Bonchev–Trinajstić information content (AvgIpc) is 2.79. The summed E-state index contributed by atoms with van der Waals surface area (Å²) in [5.41, 5.74) is -0.751. The second-order valence-electron chi connectivity index (χ2n) is 6.84. The van der Waals surface area contributed by atoms with Crippen LogP contribution in [0.4, 0.5) is 13.2 Å². The molecule has 1 unspecified atom stereocenters. The summed E-state index contributed by atoms with van der Waals surface area (Å²) in [6, 6.07) is 4.69. The molecule has 1 atom stereocenters. The van der Waals surface area contributed by atoms with Crippen LogP contribution >= 0.6 is 0 Å². The minimum atomic E-state index is -2.50. The van der Waals surface area contributed by atoms with Gasteiger partial charge in [0.1, 0.15) is 12.4 Å². The summed E-state index contributed by atoms with van der Waals surface area (Å²) >= 11 is -2.50. The Morgan fingerprint density at radius 2 is 1.94 bits per heavy atom. The molecule has 0 aliphatic rings. The molecule has 1 aromatic heterocycles. The standard InChI is InChI=1S/C21H20F3N3O5S/c1-31-7-8-32-17-11-25-15-5-4-13(10-16(15)27-17)21(28)18-19(23)12(9-14(22)20(18)24)3-2-6-26-33(29)30/h4-5,9-11,26H,2-3,6-8H2,1H3,(H,29,30)/p-1. The van der Waals surface area contributed by atoms with Crippen LogP contribution in [0.1, 0.15) is 27.9 Å². The van der Waals surface area contributed by atoms with Gasteiger partial charge in [0.2, 0.25) is 5.88 Å². The summed E-state index contributed by atoms with van der Waals surface area (Å²) in [7, 11) is 1.51. The number of carbonyl (C=O) groups is 1. The van der Waals surface area contributed by atoms with Gasteiger partial charge in [-0.1, -0.05) is 0 Å². The molecule has 33 heavy (non-hydrogen) atoms. The van der Waals surface area contributed by atoms with Crippen molar-refractivity contribution in [2.24, 2.45) is 0 Å².